The SMILES string of the molecule is O=C(O)C1=CCCS1. The summed E-state index contributed by atoms with van der Waals surface area (Å²) < 4.78 is 0. The van der Waals surface area contributed by atoms with Crippen LogP contribution in [-0.4, -0.2) is 16.8 Å². The molecule has 0 atom stereocenters. The summed E-state index contributed by atoms with van der Waals surface area (Å²) in [5, 5.41) is 8.32. The number of rotatable bonds is 1. The fourth-order valence-electron chi connectivity index (χ4n) is 0.567. The van der Waals surface area contributed by atoms with Crippen LogP contribution in [0.5, 0.6) is 0 Å². The first kappa shape index (κ1) is 5.69. The van der Waals surface area contributed by atoms with Crippen molar-refractivity contribution in [3.63, 3.8) is 0 Å². The number of hydrogen-bond acceptors (Lipinski definition) is 2. The summed E-state index contributed by atoms with van der Waals surface area (Å²) in [5.41, 5.74) is 0. The first-order valence-electron chi connectivity index (χ1n) is 2.37. The zero-order valence-electron chi connectivity index (χ0n) is 4.26. The van der Waals surface area contributed by atoms with Crippen LogP contribution in [0.15, 0.2) is 11.0 Å². The van der Waals surface area contributed by atoms with Gasteiger partial charge in [0, 0.05) is 5.75 Å². The Bertz CT molecular complexity index is 139. The molecule has 0 aliphatic carbocycles. The molecule has 0 unspecified atom stereocenters. The van der Waals surface area contributed by atoms with Crippen LogP contribution in [0.2, 0.25) is 0 Å². The molecule has 0 saturated heterocycles. The van der Waals surface area contributed by atoms with E-state index >= 15 is 0 Å². The number of carboxylic acid groups (broad SMARTS) is 1. The number of aliphatic carboxylic acids is 1. The summed E-state index contributed by atoms with van der Waals surface area (Å²) in [6.45, 7) is 0. The molecule has 0 radical (unpaired) electrons. The summed E-state index contributed by atoms with van der Waals surface area (Å²) in [5.74, 6) is 0.147. The van der Waals surface area contributed by atoms with E-state index in [0.29, 0.717) is 4.91 Å². The molecule has 1 heterocycles. The summed E-state index contributed by atoms with van der Waals surface area (Å²) in [4.78, 5) is 10.6. The van der Waals surface area contributed by atoms with Crippen LogP contribution in [0, 0.1) is 0 Å². The predicted molar refractivity (Wildman–Crippen MR) is 32.8 cm³/mol. The van der Waals surface area contributed by atoms with Crippen molar-refractivity contribution < 1.29 is 9.90 Å². The number of hydrogen-bond donors (Lipinski definition) is 1. The molecule has 1 rings (SSSR count). The van der Waals surface area contributed by atoms with Crippen LogP contribution in [0.3, 0.4) is 0 Å². The van der Waals surface area contributed by atoms with Crippen LogP contribution < -0.4 is 0 Å². The number of thioether (sulfide) groups is 1. The Labute approximate surface area is 51.6 Å². The van der Waals surface area contributed by atoms with Crippen molar-refractivity contribution in [2.45, 2.75) is 6.42 Å². The molecule has 1 N–H and O–H groups in total. The first-order chi connectivity index (χ1) is 3.80. The van der Waals surface area contributed by atoms with Gasteiger partial charge in [-0.1, -0.05) is 6.08 Å². The van der Waals surface area contributed by atoms with Gasteiger partial charge >= 0.3 is 5.97 Å². The second-order valence-corrected chi connectivity index (χ2v) is 2.65. The van der Waals surface area contributed by atoms with Crippen molar-refractivity contribution in [2.24, 2.45) is 0 Å². The highest BCUT2D eigenvalue weighted by Crippen LogP contribution is 2.23. The lowest BCUT2D eigenvalue weighted by Gasteiger charge is -1.87. The third-order valence-electron chi connectivity index (χ3n) is 0.916. The average Bonchev–Trinajstić information content (AvgIpc) is 2.12. The highest BCUT2D eigenvalue weighted by molar-refractivity contribution is 8.04. The molecule has 0 aromatic carbocycles. The Morgan fingerprint density at radius 1 is 1.88 bits per heavy atom. The normalized spacial score (nSPS) is 18.2. The minimum Gasteiger partial charge on any atom is -0.477 e. The molecule has 0 saturated carbocycles. The summed E-state index contributed by atoms with van der Waals surface area (Å²) in [7, 11) is 0. The van der Waals surface area contributed by atoms with E-state index in [-0.39, 0.29) is 0 Å². The van der Waals surface area contributed by atoms with Gasteiger partial charge in [-0.3, -0.25) is 0 Å². The molecule has 44 valence electrons. The Balaban J connectivity index is 2.57. The van der Waals surface area contributed by atoms with E-state index in [4.69, 9.17) is 5.11 Å². The summed E-state index contributed by atoms with van der Waals surface area (Å²) >= 11 is 1.41. The maximum atomic E-state index is 10.1. The fraction of sp³-hybridized carbons (Fsp3) is 0.400. The maximum absolute atomic E-state index is 10.1. The average molecular weight is 130 g/mol. The molecular weight excluding hydrogens is 124 g/mol. The van der Waals surface area contributed by atoms with E-state index in [2.05, 4.69) is 0 Å². The molecule has 0 fully saturated rings. The van der Waals surface area contributed by atoms with E-state index in [1.165, 1.54) is 11.8 Å². The fourth-order valence-corrected chi connectivity index (χ4v) is 1.38. The van der Waals surface area contributed by atoms with Gasteiger partial charge < -0.3 is 5.11 Å². The smallest absolute Gasteiger partial charge is 0.341 e. The maximum Gasteiger partial charge on any atom is 0.341 e. The van der Waals surface area contributed by atoms with Crippen LogP contribution in [0.4, 0.5) is 0 Å². The van der Waals surface area contributed by atoms with Gasteiger partial charge in [0.1, 0.15) is 0 Å². The van der Waals surface area contributed by atoms with Gasteiger partial charge in [-0.05, 0) is 6.42 Å². The molecule has 0 aromatic heterocycles. The van der Waals surface area contributed by atoms with Gasteiger partial charge in [0.05, 0.1) is 4.91 Å². The minimum absolute atomic E-state index is 0.505. The van der Waals surface area contributed by atoms with Crippen LogP contribution >= 0.6 is 11.8 Å². The van der Waals surface area contributed by atoms with Gasteiger partial charge in [0.15, 0.2) is 0 Å². The van der Waals surface area contributed by atoms with E-state index in [1.807, 2.05) is 0 Å². The van der Waals surface area contributed by atoms with E-state index < -0.39 is 5.97 Å². The largest absolute Gasteiger partial charge is 0.477 e. The lowest BCUT2D eigenvalue weighted by Crippen LogP contribution is -1.92. The van der Waals surface area contributed by atoms with Gasteiger partial charge in [0.25, 0.3) is 0 Å². The second-order valence-electron chi connectivity index (χ2n) is 1.51. The van der Waals surface area contributed by atoms with Crippen LogP contribution in [-0.2, 0) is 4.79 Å². The summed E-state index contributed by atoms with van der Waals surface area (Å²) in [6.07, 6.45) is 2.67. The van der Waals surface area contributed by atoms with Gasteiger partial charge in [-0.25, -0.2) is 4.79 Å². The Morgan fingerprint density at radius 2 is 2.62 bits per heavy atom. The molecule has 0 bridgehead atoms. The molecule has 1 aliphatic rings. The third kappa shape index (κ3) is 1.04. The van der Waals surface area contributed by atoms with Crippen molar-refractivity contribution in [2.75, 3.05) is 5.75 Å². The van der Waals surface area contributed by atoms with E-state index in [9.17, 15) is 4.79 Å². The monoisotopic (exact) mass is 130 g/mol. The number of allylic oxidation sites excluding steroid dienone is 1. The van der Waals surface area contributed by atoms with Crippen molar-refractivity contribution in [3.8, 4) is 0 Å². The zero-order chi connectivity index (χ0) is 5.98. The first-order valence-corrected chi connectivity index (χ1v) is 3.35. The Hall–Kier alpha value is -0.440. The Morgan fingerprint density at radius 3 is 2.88 bits per heavy atom. The predicted octanol–water partition coefficient (Wildman–Crippen LogP) is 1.09. The van der Waals surface area contributed by atoms with Gasteiger partial charge in [-0.15, -0.1) is 11.8 Å². The van der Waals surface area contributed by atoms with Crippen LogP contribution in [0.25, 0.3) is 0 Å². The molecule has 1 aliphatic heterocycles. The van der Waals surface area contributed by atoms with E-state index in [0.717, 1.165) is 12.2 Å². The highest BCUT2D eigenvalue weighted by Gasteiger charge is 2.10. The van der Waals surface area contributed by atoms with Crippen molar-refractivity contribution in [1.82, 2.24) is 0 Å². The standard InChI is InChI=1S/C5H6O2S/c6-5(7)4-2-1-3-8-4/h2H,1,3H2,(H,6,7). The molecule has 3 heteroatoms. The van der Waals surface area contributed by atoms with Crippen molar-refractivity contribution in [3.05, 3.63) is 11.0 Å². The molecular formula is C5H6O2S. The minimum atomic E-state index is -0.785. The molecule has 2 nitrogen and oxygen atoms in total. The molecule has 0 spiro atoms. The molecule has 0 aromatic rings. The lowest BCUT2D eigenvalue weighted by atomic mass is 10.4. The molecule has 8 heavy (non-hydrogen) atoms. The Kier molecular flexibility index (Phi) is 1.58. The summed E-state index contributed by atoms with van der Waals surface area (Å²) in [6, 6.07) is 0. The lowest BCUT2D eigenvalue weighted by molar-refractivity contribution is -0.131. The molecule has 0 amide bonds. The quantitative estimate of drug-likeness (QED) is 0.577. The van der Waals surface area contributed by atoms with E-state index in [1.54, 1.807) is 6.08 Å². The van der Waals surface area contributed by atoms with Crippen molar-refractivity contribution in [1.29, 1.82) is 0 Å². The third-order valence-corrected chi connectivity index (χ3v) is 2.01. The van der Waals surface area contributed by atoms with Gasteiger partial charge in [-0.2, -0.15) is 0 Å². The number of carbonyl (C=O) groups is 1. The van der Waals surface area contributed by atoms with Gasteiger partial charge in [0.2, 0.25) is 0 Å². The van der Waals surface area contributed by atoms with Crippen molar-refractivity contribution >= 4 is 17.7 Å². The second kappa shape index (κ2) is 2.22. The number of carboxylic acids is 1. The highest BCUT2D eigenvalue weighted by atomic mass is 32.2. The van der Waals surface area contributed by atoms with Crippen LogP contribution in [0.1, 0.15) is 6.42 Å². The topological polar surface area (TPSA) is 37.3 Å². The zero-order valence-corrected chi connectivity index (χ0v) is 5.07.